The van der Waals surface area contributed by atoms with Crippen LogP contribution < -0.4 is 4.90 Å². The van der Waals surface area contributed by atoms with E-state index in [0.717, 1.165) is 11.0 Å². The average Bonchev–Trinajstić information content (AvgIpc) is 2.27. The fourth-order valence-corrected chi connectivity index (χ4v) is 1.81. The normalized spacial score (nSPS) is 16.7. The first-order valence-electron chi connectivity index (χ1n) is 5.05. The zero-order valence-corrected chi connectivity index (χ0v) is 8.47. The van der Waals surface area contributed by atoms with Crippen LogP contribution in [0.4, 0.5) is 18.9 Å². The quantitative estimate of drug-likeness (QED) is 0.678. The molecule has 0 atom stereocenters. The van der Waals surface area contributed by atoms with Crippen molar-refractivity contribution in [3.63, 3.8) is 0 Å². The smallest absolute Gasteiger partial charge is 0.227 e. The van der Waals surface area contributed by atoms with Crippen LogP contribution in [0.25, 0.3) is 0 Å². The van der Waals surface area contributed by atoms with E-state index in [4.69, 9.17) is 0 Å². The molecule has 1 fully saturated rings. The number of anilines is 1. The van der Waals surface area contributed by atoms with Crippen molar-refractivity contribution in [3.8, 4) is 0 Å². The Hall–Kier alpha value is -1.52. The molecule has 0 saturated carbocycles. The maximum atomic E-state index is 13.4. The molecular weight excluding hydrogens is 219 g/mol. The molecule has 0 aromatic heterocycles. The van der Waals surface area contributed by atoms with E-state index in [-0.39, 0.29) is 18.9 Å². The summed E-state index contributed by atoms with van der Waals surface area (Å²) in [5.74, 6) is -3.71. The van der Waals surface area contributed by atoms with Gasteiger partial charge in [0.25, 0.3) is 0 Å². The zero-order valence-electron chi connectivity index (χ0n) is 8.47. The molecule has 1 aromatic rings. The molecule has 1 aromatic carbocycles. The highest BCUT2D eigenvalue weighted by Crippen LogP contribution is 2.28. The molecule has 0 aliphatic carbocycles. The molecule has 0 N–H and O–H groups in total. The molecule has 86 valence electrons. The first-order chi connectivity index (χ1) is 7.61. The lowest BCUT2D eigenvalue weighted by Crippen LogP contribution is -2.36. The van der Waals surface area contributed by atoms with Gasteiger partial charge >= 0.3 is 0 Å². The average molecular weight is 229 g/mol. The van der Waals surface area contributed by atoms with E-state index in [1.165, 1.54) is 0 Å². The number of halogens is 3. The van der Waals surface area contributed by atoms with Crippen LogP contribution >= 0.6 is 0 Å². The van der Waals surface area contributed by atoms with Crippen molar-refractivity contribution in [2.75, 3.05) is 11.4 Å². The Labute approximate surface area is 90.7 Å². The molecule has 0 radical (unpaired) electrons. The third-order valence-electron chi connectivity index (χ3n) is 2.61. The topological polar surface area (TPSA) is 20.3 Å². The minimum atomic E-state index is -1.30. The van der Waals surface area contributed by atoms with Crippen LogP contribution in [-0.4, -0.2) is 12.5 Å². The summed E-state index contributed by atoms with van der Waals surface area (Å²) in [6.07, 6.45) is 1.62. The second kappa shape index (κ2) is 4.15. The molecule has 0 spiro atoms. The summed E-state index contributed by atoms with van der Waals surface area (Å²) in [6, 6.07) is 1.54. The maximum Gasteiger partial charge on any atom is 0.227 e. The summed E-state index contributed by atoms with van der Waals surface area (Å²) in [6.45, 7) is 0.232. The molecule has 1 saturated heterocycles. The van der Waals surface area contributed by atoms with Gasteiger partial charge in [0.15, 0.2) is 11.6 Å². The van der Waals surface area contributed by atoms with Crippen LogP contribution in [0.2, 0.25) is 0 Å². The molecule has 1 heterocycles. The van der Waals surface area contributed by atoms with Crippen LogP contribution in [0, 0.1) is 17.5 Å². The van der Waals surface area contributed by atoms with Gasteiger partial charge in [0.1, 0.15) is 11.5 Å². The largest absolute Gasteiger partial charge is 0.307 e. The highest BCUT2D eigenvalue weighted by Gasteiger charge is 2.26. The molecule has 16 heavy (non-hydrogen) atoms. The molecular formula is C11H10F3NO. The number of hydrogen-bond acceptors (Lipinski definition) is 1. The predicted molar refractivity (Wildman–Crippen MR) is 52.5 cm³/mol. The monoisotopic (exact) mass is 229 g/mol. The van der Waals surface area contributed by atoms with Gasteiger partial charge in [0.05, 0.1) is 0 Å². The standard InChI is InChI=1S/C11H10F3NO/c12-7-4-5-8(13)11(10(7)14)15-6-2-1-3-9(15)16/h4-5H,1-3,6H2. The Morgan fingerprint density at radius 3 is 2.44 bits per heavy atom. The van der Waals surface area contributed by atoms with E-state index in [1.54, 1.807) is 0 Å². The van der Waals surface area contributed by atoms with Gasteiger partial charge in [-0.15, -0.1) is 0 Å². The molecule has 5 heteroatoms. The number of benzene rings is 1. The Kier molecular flexibility index (Phi) is 2.85. The predicted octanol–water partition coefficient (Wildman–Crippen LogP) is 2.62. The van der Waals surface area contributed by atoms with Crippen LogP contribution in [-0.2, 0) is 4.79 Å². The number of carbonyl (C=O) groups is 1. The second-order valence-corrected chi connectivity index (χ2v) is 3.69. The summed E-state index contributed by atoms with van der Waals surface area (Å²) in [5.41, 5.74) is -0.565. The van der Waals surface area contributed by atoms with Gasteiger partial charge in [-0.05, 0) is 25.0 Å². The number of carbonyl (C=O) groups excluding carboxylic acids is 1. The minimum Gasteiger partial charge on any atom is -0.307 e. The van der Waals surface area contributed by atoms with Crippen molar-refractivity contribution in [2.24, 2.45) is 0 Å². The molecule has 2 nitrogen and oxygen atoms in total. The Bertz CT molecular complexity index is 433. The van der Waals surface area contributed by atoms with Gasteiger partial charge < -0.3 is 4.90 Å². The fraction of sp³-hybridized carbons (Fsp3) is 0.364. The first kappa shape index (κ1) is 11.0. The van der Waals surface area contributed by atoms with E-state index in [1.807, 2.05) is 0 Å². The number of amides is 1. The molecule has 0 bridgehead atoms. The minimum absolute atomic E-state index is 0.232. The summed E-state index contributed by atoms with van der Waals surface area (Å²) in [7, 11) is 0. The third-order valence-corrected chi connectivity index (χ3v) is 2.61. The SMILES string of the molecule is O=C1CCCCN1c1c(F)ccc(F)c1F. The lowest BCUT2D eigenvalue weighted by atomic mass is 10.1. The highest BCUT2D eigenvalue weighted by molar-refractivity contribution is 5.94. The Morgan fingerprint density at radius 2 is 1.75 bits per heavy atom. The lowest BCUT2D eigenvalue weighted by Gasteiger charge is -2.27. The fourth-order valence-electron chi connectivity index (χ4n) is 1.81. The number of rotatable bonds is 1. The third kappa shape index (κ3) is 1.77. The molecule has 1 aliphatic heterocycles. The van der Waals surface area contributed by atoms with Gasteiger partial charge in [0, 0.05) is 13.0 Å². The van der Waals surface area contributed by atoms with Gasteiger partial charge in [0.2, 0.25) is 5.91 Å². The van der Waals surface area contributed by atoms with E-state index in [2.05, 4.69) is 0 Å². The Morgan fingerprint density at radius 1 is 1.06 bits per heavy atom. The Balaban J connectivity index is 2.46. The van der Waals surface area contributed by atoms with E-state index >= 15 is 0 Å². The van der Waals surface area contributed by atoms with Crippen molar-refractivity contribution < 1.29 is 18.0 Å². The number of piperidine rings is 1. The second-order valence-electron chi connectivity index (χ2n) is 3.69. The first-order valence-corrected chi connectivity index (χ1v) is 5.05. The van der Waals surface area contributed by atoms with Crippen LogP contribution in [0.15, 0.2) is 12.1 Å². The summed E-state index contributed by atoms with van der Waals surface area (Å²) >= 11 is 0. The van der Waals surface area contributed by atoms with Gasteiger partial charge in [-0.3, -0.25) is 4.79 Å². The lowest BCUT2D eigenvalue weighted by molar-refractivity contribution is -0.119. The summed E-state index contributed by atoms with van der Waals surface area (Å²) < 4.78 is 39.8. The van der Waals surface area contributed by atoms with Crippen LogP contribution in [0.1, 0.15) is 19.3 Å². The van der Waals surface area contributed by atoms with Gasteiger partial charge in [-0.1, -0.05) is 0 Å². The van der Waals surface area contributed by atoms with Crippen LogP contribution in [0.3, 0.4) is 0 Å². The molecule has 2 rings (SSSR count). The summed E-state index contributed by atoms with van der Waals surface area (Å²) in [5, 5.41) is 0. The van der Waals surface area contributed by atoms with Gasteiger partial charge in [-0.2, -0.15) is 0 Å². The number of hydrogen-bond donors (Lipinski definition) is 0. The zero-order chi connectivity index (χ0) is 11.7. The molecule has 1 amide bonds. The van der Waals surface area contributed by atoms with Gasteiger partial charge in [-0.25, -0.2) is 13.2 Å². The van der Waals surface area contributed by atoms with Crippen molar-refractivity contribution in [3.05, 3.63) is 29.6 Å². The van der Waals surface area contributed by atoms with Crippen LogP contribution in [0.5, 0.6) is 0 Å². The van der Waals surface area contributed by atoms with E-state index < -0.39 is 23.1 Å². The van der Waals surface area contributed by atoms with Crippen molar-refractivity contribution in [1.29, 1.82) is 0 Å². The van der Waals surface area contributed by atoms with Crippen molar-refractivity contribution in [1.82, 2.24) is 0 Å². The van der Waals surface area contributed by atoms with E-state index in [9.17, 15) is 18.0 Å². The maximum absolute atomic E-state index is 13.4. The van der Waals surface area contributed by atoms with E-state index in [0.29, 0.717) is 18.9 Å². The molecule has 1 aliphatic rings. The number of nitrogens with zero attached hydrogens (tertiary/aromatic N) is 1. The van der Waals surface area contributed by atoms with Crippen molar-refractivity contribution >= 4 is 11.6 Å². The summed E-state index contributed by atoms with van der Waals surface area (Å²) in [4.78, 5) is 12.5. The van der Waals surface area contributed by atoms with Crippen molar-refractivity contribution in [2.45, 2.75) is 19.3 Å². The molecule has 0 unspecified atom stereocenters. The highest BCUT2D eigenvalue weighted by atomic mass is 19.2.